The molecule has 31 heavy (non-hydrogen) atoms. The van der Waals surface area contributed by atoms with Gasteiger partial charge in [-0.2, -0.15) is 5.26 Å². The van der Waals surface area contributed by atoms with Crippen molar-refractivity contribution < 1.29 is 14.3 Å². The summed E-state index contributed by atoms with van der Waals surface area (Å²) in [5, 5.41) is 18.5. The molecule has 150 valence electrons. The number of nitrogens with zero attached hydrogens (tertiary/aromatic N) is 3. The molecule has 0 aliphatic rings. The Morgan fingerprint density at radius 2 is 1.77 bits per heavy atom. The molecule has 1 N–H and O–H groups in total. The lowest BCUT2D eigenvalue weighted by atomic mass is 10.1. The van der Waals surface area contributed by atoms with E-state index in [-0.39, 0.29) is 16.9 Å². The Morgan fingerprint density at radius 1 is 1.03 bits per heavy atom. The van der Waals surface area contributed by atoms with Gasteiger partial charge in [0.1, 0.15) is 5.82 Å². The number of nitriles is 1. The van der Waals surface area contributed by atoms with Crippen LogP contribution in [0.15, 0.2) is 71.5 Å². The van der Waals surface area contributed by atoms with Crippen LogP contribution < -0.4 is 5.56 Å². The first kappa shape index (κ1) is 19.7. The number of halogens is 1. The molecule has 0 aliphatic heterocycles. The van der Waals surface area contributed by atoms with Crippen molar-refractivity contribution >= 4 is 29.0 Å². The fourth-order valence-corrected chi connectivity index (χ4v) is 3.19. The topological polar surface area (TPSA) is 96.0 Å². The molecular formula is C24H14FN3O3. The number of hydrogen-bond donors (Lipinski definition) is 1. The van der Waals surface area contributed by atoms with Crippen LogP contribution in [0.4, 0.5) is 4.39 Å². The standard InChI is InChI=1S/C24H14FN3O3/c25-22-18(24(30)31)5-3-7-20(22)28-21(13-12-15-8-10-16(14-26)11-9-15)27-19-6-2-1-4-17(19)23(28)29/h1-13H,(H,30,31)/b13-12+. The smallest absolute Gasteiger partial charge is 0.338 e. The summed E-state index contributed by atoms with van der Waals surface area (Å²) in [7, 11) is 0. The van der Waals surface area contributed by atoms with Gasteiger partial charge < -0.3 is 5.11 Å². The van der Waals surface area contributed by atoms with Crippen LogP contribution in [0.5, 0.6) is 0 Å². The number of carboxylic acids is 1. The van der Waals surface area contributed by atoms with Crippen molar-refractivity contribution in [1.29, 1.82) is 5.26 Å². The highest BCUT2D eigenvalue weighted by atomic mass is 19.1. The number of fused-ring (bicyclic) bond motifs is 1. The second-order valence-corrected chi connectivity index (χ2v) is 6.64. The van der Waals surface area contributed by atoms with E-state index >= 15 is 0 Å². The largest absolute Gasteiger partial charge is 0.478 e. The highest BCUT2D eigenvalue weighted by molar-refractivity contribution is 5.89. The van der Waals surface area contributed by atoms with Crippen LogP contribution >= 0.6 is 0 Å². The summed E-state index contributed by atoms with van der Waals surface area (Å²) < 4.78 is 16.1. The third kappa shape index (κ3) is 3.70. The molecule has 7 heteroatoms. The maximum Gasteiger partial charge on any atom is 0.338 e. The SMILES string of the molecule is N#Cc1ccc(/C=C/c2nc3ccccc3c(=O)n2-c2cccc(C(=O)O)c2F)cc1. The summed E-state index contributed by atoms with van der Waals surface area (Å²) in [4.78, 5) is 29.1. The van der Waals surface area contributed by atoms with Gasteiger partial charge in [-0.05, 0) is 48.0 Å². The highest BCUT2D eigenvalue weighted by Crippen LogP contribution is 2.20. The maximum atomic E-state index is 15.0. The number of hydrogen-bond acceptors (Lipinski definition) is 4. The van der Waals surface area contributed by atoms with E-state index in [9.17, 15) is 19.1 Å². The minimum atomic E-state index is -1.43. The third-order valence-electron chi connectivity index (χ3n) is 4.72. The van der Waals surface area contributed by atoms with E-state index in [0.29, 0.717) is 11.1 Å². The highest BCUT2D eigenvalue weighted by Gasteiger charge is 2.19. The van der Waals surface area contributed by atoms with E-state index in [1.165, 1.54) is 12.1 Å². The third-order valence-corrected chi connectivity index (χ3v) is 4.72. The zero-order valence-electron chi connectivity index (χ0n) is 16.0. The van der Waals surface area contributed by atoms with Crippen LogP contribution in [0.2, 0.25) is 0 Å². The van der Waals surface area contributed by atoms with Gasteiger partial charge >= 0.3 is 5.97 Å². The summed E-state index contributed by atoms with van der Waals surface area (Å²) >= 11 is 0. The van der Waals surface area contributed by atoms with Crippen molar-refractivity contribution in [2.45, 2.75) is 0 Å². The fraction of sp³-hybridized carbons (Fsp3) is 0. The maximum absolute atomic E-state index is 15.0. The van der Waals surface area contributed by atoms with Gasteiger partial charge in [0.15, 0.2) is 5.82 Å². The van der Waals surface area contributed by atoms with Gasteiger partial charge in [-0.15, -0.1) is 0 Å². The Hall–Kier alpha value is -4.57. The zero-order valence-corrected chi connectivity index (χ0v) is 16.0. The summed E-state index contributed by atoms with van der Waals surface area (Å²) in [5.74, 6) is -2.33. The summed E-state index contributed by atoms with van der Waals surface area (Å²) in [5.41, 5.74) is 0.407. The normalized spacial score (nSPS) is 11.0. The van der Waals surface area contributed by atoms with Crippen LogP contribution in [0, 0.1) is 17.1 Å². The Kier molecular flexibility index (Phi) is 5.12. The monoisotopic (exact) mass is 411 g/mol. The Morgan fingerprint density at radius 3 is 2.48 bits per heavy atom. The van der Waals surface area contributed by atoms with Gasteiger partial charge in [0.2, 0.25) is 0 Å². The Bertz CT molecular complexity index is 1450. The van der Waals surface area contributed by atoms with Gasteiger partial charge in [-0.25, -0.2) is 14.2 Å². The molecule has 4 rings (SSSR count). The fourth-order valence-electron chi connectivity index (χ4n) is 3.19. The van der Waals surface area contributed by atoms with Crippen molar-refractivity contribution in [3.05, 3.63) is 105 Å². The van der Waals surface area contributed by atoms with Gasteiger partial charge in [-0.3, -0.25) is 9.36 Å². The van der Waals surface area contributed by atoms with Crippen LogP contribution in [-0.2, 0) is 0 Å². The lowest BCUT2D eigenvalue weighted by Gasteiger charge is -2.13. The van der Waals surface area contributed by atoms with Crippen LogP contribution in [0.25, 0.3) is 28.7 Å². The molecule has 0 spiro atoms. The molecule has 0 fully saturated rings. The molecule has 4 aromatic rings. The quantitative estimate of drug-likeness (QED) is 0.541. The van der Waals surface area contributed by atoms with Crippen molar-refractivity contribution in [1.82, 2.24) is 9.55 Å². The van der Waals surface area contributed by atoms with Crippen molar-refractivity contribution in [3.63, 3.8) is 0 Å². The average molecular weight is 411 g/mol. The van der Waals surface area contributed by atoms with E-state index < -0.39 is 22.9 Å². The van der Waals surface area contributed by atoms with Crippen molar-refractivity contribution in [2.75, 3.05) is 0 Å². The first-order valence-electron chi connectivity index (χ1n) is 9.22. The van der Waals surface area contributed by atoms with E-state index in [1.807, 2.05) is 6.07 Å². The zero-order chi connectivity index (χ0) is 22.0. The molecule has 0 unspecified atom stereocenters. The van der Waals surface area contributed by atoms with E-state index in [2.05, 4.69) is 4.98 Å². The lowest BCUT2D eigenvalue weighted by molar-refractivity contribution is 0.0692. The molecule has 1 heterocycles. The molecule has 3 aromatic carbocycles. The first-order chi connectivity index (χ1) is 15.0. The number of aromatic nitrogens is 2. The molecule has 1 aromatic heterocycles. The van der Waals surface area contributed by atoms with E-state index in [4.69, 9.17) is 5.26 Å². The minimum absolute atomic E-state index is 0.134. The number of carboxylic acid groups (broad SMARTS) is 1. The molecule has 0 radical (unpaired) electrons. The molecule has 0 saturated carbocycles. The van der Waals surface area contributed by atoms with E-state index in [0.717, 1.165) is 16.2 Å². The van der Waals surface area contributed by atoms with Crippen LogP contribution in [-0.4, -0.2) is 20.6 Å². The van der Waals surface area contributed by atoms with Gasteiger partial charge in [0.05, 0.1) is 33.8 Å². The van der Waals surface area contributed by atoms with E-state index in [1.54, 1.807) is 60.7 Å². The van der Waals surface area contributed by atoms with Gasteiger partial charge in [0.25, 0.3) is 5.56 Å². The summed E-state index contributed by atoms with van der Waals surface area (Å²) in [6, 6.07) is 19.3. The number of aromatic carboxylic acids is 1. The molecule has 0 atom stereocenters. The molecule has 0 amide bonds. The number of benzene rings is 3. The second-order valence-electron chi connectivity index (χ2n) is 6.64. The van der Waals surface area contributed by atoms with Crippen LogP contribution in [0.3, 0.4) is 0 Å². The molecular weight excluding hydrogens is 397 g/mol. The number of rotatable bonds is 4. The second kappa shape index (κ2) is 8.05. The molecule has 0 saturated heterocycles. The van der Waals surface area contributed by atoms with Crippen LogP contribution in [0.1, 0.15) is 27.3 Å². The molecule has 0 aliphatic carbocycles. The first-order valence-corrected chi connectivity index (χ1v) is 9.22. The van der Waals surface area contributed by atoms with Gasteiger partial charge in [0, 0.05) is 0 Å². The predicted molar refractivity (Wildman–Crippen MR) is 114 cm³/mol. The Labute approximate surface area is 175 Å². The average Bonchev–Trinajstić information content (AvgIpc) is 2.78. The van der Waals surface area contributed by atoms with Crippen molar-refractivity contribution in [3.8, 4) is 11.8 Å². The molecule has 6 nitrogen and oxygen atoms in total. The van der Waals surface area contributed by atoms with Crippen molar-refractivity contribution in [2.24, 2.45) is 0 Å². The minimum Gasteiger partial charge on any atom is -0.478 e. The van der Waals surface area contributed by atoms with Gasteiger partial charge in [-0.1, -0.05) is 36.4 Å². The lowest BCUT2D eigenvalue weighted by Crippen LogP contribution is -2.24. The Balaban J connectivity index is 1.96. The summed E-state index contributed by atoms with van der Waals surface area (Å²) in [6.07, 6.45) is 3.22. The number of carbonyl (C=O) groups is 1. The predicted octanol–water partition coefficient (Wildman–Crippen LogP) is 4.27. The summed E-state index contributed by atoms with van der Waals surface area (Å²) in [6.45, 7) is 0. The number of para-hydroxylation sites is 1. The molecule has 0 bridgehead atoms.